The SMILES string of the molecule is O=[N+]([O-])c1ccc(NCC(O)CNc2c([N+](=O)[O-])cc(C(F)(F)F)cc2[N+](=O)[O-])c(Cl)c1. The van der Waals surface area contributed by atoms with Gasteiger partial charge in [-0.15, -0.1) is 0 Å². The maximum absolute atomic E-state index is 12.9. The fourth-order valence-corrected chi connectivity index (χ4v) is 2.77. The second-order valence-electron chi connectivity index (χ2n) is 6.24. The molecule has 0 aliphatic heterocycles. The maximum atomic E-state index is 12.9. The normalized spacial score (nSPS) is 12.2. The standard InChI is InChI=1S/C16H13ClF3N5O7/c17-11-5-9(23(27)28)1-2-12(11)21-6-10(26)7-22-15-13(24(29)30)3-8(16(18,19)20)4-14(15)25(31)32/h1-5,10,21-22,26H,6-7H2. The number of alkyl halides is 3. The van der Waals surface area contributed by atoms with Crippen molar-refractivity contribution in [1.29, 1.82) is 0 Å². The van der Waals surface area contributed by atoms with Crippen LogP contribution >= 0.6 is 11.6 Å². The van der Waals surface area contributed by atoms with Crippen LogP contribution in [0.25, 0.3) is 0 Å². The smallest absolute Gasteiger partial charge is 0.389 e. The summed E-state index contributed by atoms with van der Waals surface area (Å²) in [7, 11) is 0. The average molecular weight is 480 g/mol. The van der Waals surface area contributed by atoms with E-state index in [-0.39, 0.29) is 35.1 Å². The summed E-state index contributed by atoms with van der Waals surface area (Å²) in [5.41, 5.74) is -4.82. The molecule has 32 heavy (non-hydrogen) atoms. The third-order valence-corrected chi connectivity index (χ3v) is 4.34. The number of anilines is 2. The van der Waals surface area contributed by atoms with Crippen molar-refractivity contribution >= 4 is 40.0 Å². The lowest BCUT2D eigenvalue weighted by Gasteiger charge is -2.16. The van der Waals surface area contributed by atoms with E-state index in [0.717, 1.165) is 12.1 Å². The summed E-state index contributed by atoms with van der Waals surface area (Å²) in [4.78, 5) is 30.0. The molecule has 0 saturated heterocycles. The summed E-state index contributed by atoms with van der Waals surface area (Å²) < 4.78 is 38.8. The molecular weight excluding hydrogens is 467 g/mol. The van der Waals surface area contributed by atoms with Crippen LogP contribution in [0.4, 0.5) is 41.6 Å². The third-order valence-electron chi connectivity index (χ3n) is 4.02. The molecule has 0 amide bonds. The Morgan fingerprint density at radius 1 is 0.938 bits per heavy atom. The van der Waals surface area contributed by atoms with Gasteiger partial charge in [-0.05, 0) is 6.07 Å². The first-order chi connectivity index (χ1) is 14.8. The summed E-state index contributed by atoms with van der Waals surface area (Å²) in [6.45, 7) is -0.780. The van der Waals surface area contributed by atoms with Crippen molar-refractivity contribution in [1.82, 2.24) is 0 Å². The predicted molar refractivity (Wildman–Crippen MR) is 106 cm³/mol. The van der Waals surface area contributed by atoms with E-state index in [1.165, 1.54) is 6.07 Å². The van der Waals surface area contributed by atoms with Gasteiger partial charge in [0.2, 0.25) is 0 Å². The van der Waals surface area contributed by atoms with Crippen LogP contribution in [0.1, 0.15) is 5.56 Å². The van der Waals surface area contributed by atoms with Crippen molar-refractivity contribution in [2.24, 2.45) is 0 Å². The number of non-ortho nitro benzene ring substituents is 1. The first-order valence-corrected chi connectivity index (χ1v) is 8.82. The Kier molecular flexibility index (Phi) is 7.37. The lowest BCUT2D eigenvalue weighted by atomic mass is 10.1. The minimum atomic E-state index is -5.05. The third kappa shape index (κ3) is 5.92. The van der Waals surface area contributed by atoms with Crippen LogP contribution < -0.4 is 10.6 Å². The van der Waals surface area contributed by atoms with Crippen LogP contribution in [-0.2, 0) is 6.18 Å². The van der Waals surface area contributed by atoms with Crippen LogP contribution in [0.5, 0.6) is 0 Å². The highest BCUT2D eigenvalue weighted by Gasteiger charge is 2.37. The molecule has 0 radical (unpaired) electrons. The zero-order chi connectivity index (χ0) is 24.2. The number of hydrogen-bond donors (Lipinski definition) is 3. The highest BCUT2D eigenvalue weighted by molar-refractivity contribution is 6.33. The molecule has 0 heterocycles. The zero-order valence-corrected chi connectivity index (χ0v) is 16.4. The molecule has 0 fully saturated rings. The molecule has 2 rings (SSSR count). The monoisotopic (exact) mass is 479 g/mol. The quantitative estimate of drug-likeness (QED) is 0.355. The van der Waals surface area contributed by atoms with Gasteiger partial charge in [0.25, 0.3) is 17.1 Å². The number of benzene rings is 2. The second kappa shape index (κ2) is 9.61. The largest absolute Gasteiger partial charge is 0.416 e. The molecule has 0 aliphatic carbocycles. The highest BCUT2D eigenvalue weighted by atomic mass is 35.5. The molecule has 0 aromatic heterocycles. The number of rotatable bonds is 9. The van der Waals surface area contributed by atoms with E-state index in [0.29, 0.717) is 0 Å². The van der Waals surface area contributed by atoms with Gasteiger partial charge in [-0.3, -0.25) is 30.3 Å². The number of halogens is 4. The van der Waals surface area contributed by atoms with Gasteiger partial charge in [0.1, 0.15) is 0 Å². The molecule has 12 nitrogen and oxygen atoms in total. The Bertz CT molecular complexity index is 1030. The van der Waals surface area contributed by atoms with E-state index < -0.39 is 56.2 Å². The van der Waals surface area contributed by atoms with Gasteiger partial charge >= 0.3 is 6.18 Å². The van der Waals surface area contributed by atoms with E-state index in [1.807, 2.05) is 0 Å². The summed E-state index contributed by atoms with van der Waals surface area (Å²) >= 11 is 5.89. The number of aliphatic hydroxyl groups excluding tert-OH is 1. The van der Waals surface area contributed by atoms with Crippen molar-refractivity contribution < 1.29 is 33.0 Å². The van der Waals surface area contributed by atoms with Gasteiger partial charge in [-0.1, -0.05) is 11.6 Å². The van der Waals surface area contributed by atoms with Crippen LogP contribution in [0.15, 0.2) is 30.3 Å². The van der Waals surface area contributed by atoms with Crippen molar-refractivity contribution in [3.05, 3.63) is 71.3 Å². The molecule has 1 atom stereocenters. The molecule has 3 N–H and O–H groups in total. The van der Waals surface area contributed by atoms with Crippen molar-refractivity contribution in [2.75, 3.05) is 23.7 Å². The molecule has 0 bridgehead atoms. The molecule has 0 spiro atoms. The van der Waals surface area contributed by atoms with Crippen LogP contribution in [0.2, 0.25) is 5.02 Å². The fraction of sp³-hybridized carbons (Fsp3) is 0.250. The number of hydrogen-bond acceptors (Lipinski definition) is 9. The lowest BCUT2D eigenvalue weighted by Crippen LogP contribution is -2.28. The molecule has 2 aromatic rings. The van der Waals surface area contributed by atoms with Gasteiger partial charge < -0.3 is 15.7 Å². The minimum Gasteiger partial charge on any atom is -0.389 e. The van der Waals surface area contributed by atoms with Crippen molar-refractivity contribution in [3.63, 3.8) is 0 Å². The Morgan fingerprint density at radius 2 is 1.47 bits per heavy atom. The Morgan fingerprint density at radius 3 is 1.91 bits per heavy atom. The maximum Gasteiger partial charge on any atom is 0.416 e. The summed E-state index contributed by atoms with van der Waals surface area (Å²) in [5.74, 6) is 0. The second-order valence-corrected chi connectivity index (χ2v) is 6.65. The van der Waals surface area contributed by atoms with E-state index in [9.17, 15) is 48.6 Å². The molecule has 1 unspecified atom stereocenters. The first kappa shape index (κ1) is 24.5. The Balaban J connectivity index is 2.18. The number of nitro groups is 3. The molecule has 172 valence electrons. The lowest BCUT2D eigenvalue weighted by molar-refractivity contribution is -0.392. The predicted octanol–water partition coefficient (Wildman–Crippen LogP) is 3.97. The van der Waals surface area contributed by atoms with E-state index in [2.05, 4.69) is 10.6 Å². The topological polar surface area (TPSA) is 174 Å². The van der Waals surface area contributed by atoms with Gasteiger partial charge in [-0.2, -0.15) is 13.2 Å². The van der Waals surface area contributed by atoms with Crippen LogP contribution in [-0.4, -0.2) is 39.1 Å². The first-order valence-electron chi connectivity index (χ1n) is 8.45. The van der Waals surface area contributed by atoms with E-state index >= 15 is 0 Å². The summed E-state index contributed by atoms with van der Waals surface area (Å²) in [6, 6.07) is 3.77. The number of nitro benzene ring substituents is 3. The number of aliphatic hydroxyl groups is 1. The van der Waals surface area contributed by atoms with Crippen molar-refractivity contribution in [3.8, 4) is 0 Å². The molecule has 2 aromatic carbocycles. The van der Waals surface area contributed by atoms with E-state index in [1.54, 1.807) is 0 Å². The Labute approximate surface area is 181 Å². The van der Waals surface area contributed by atoms with Crippen LogP contribution in [0, 0.1) is 30.3 Å². The van der Waals surface area contributed by atoms with Crippen LogP contribution in [0.3, 0.4) is 0 Å². The molecule has 0 saturated carbocycles. The minimum absolute atomic E-state index is 0.0339. The fourth-order valence-electron chi connectivity index (χ4n) is 2.53. The molecular formula is C16H13ClF3N5O7. The summed E-state index contributed by atoms with van der Waals surface area (Å²) in [6.07, 6.45) is -6.40. The van der Waals surface area contributed by atoms with Gasteiger partial charge in [0, 0.05) is 37.4 Å². The molecule has 16 heteroatoms. The zero-order valence-electron chi connectivity index (χ0n) is 15.6. The summed E-state index contributed by atoms with van der Waals surface area (Å²) in [5, 5.41) is 48.0. The van der Waals surface area contributed by atoms with Gasteiger partial charge in [0.05, 0.1) is 37.1 Å². The number of nitrogens with one attached hydrogen (secondary N) is 2. The van der Waals surface area contributed by atoms with Crippen molar-refractivity contribution in [2.45, 2.75) is 12.3 Å². The van der Waals surface area contributed by atoms with E-state index in [4.69, 9.17) is 11.6 Å². The highest BCUT2D eigenvalue weighted by Crippen LogP contribution is 2.41. The van der Waals surface area contributed by atoms with Gasteiger partial charge in [0.15, 0.2) is 5.69 Å². The number of nitrogens with zero attached hydrogens (tertiary/aromatic N) is 3. The van der Waals surface area contributed by atoms with Gasteiger partial charge in [-0.25, -0.2) is 0 Å². The Hall–Kier alpha value is -3.72. The molecule has 0 aliphatic rings. The average Bonchev–Trinajstić information content (AvgIpc) is 2.69.